The molecule has 0 aromatic heterocycles. The van der Waals surface area contributed by atoms with Crippen molar-refractivity contribution >= 4 is 35.0 Å². The summed E-state index contributed by atoms with van der Waals surface area (Å²) in [5, 5.41) is 12.4. The molecule has 4 aromatic rings. The minimum Gasteiger partial charge on any atom is -0.508 e. The Bertz CT molecular complexity index is 2140. The Kier molecular flexibility index (Phi) is 9.71. The molecule has 288 valence electrons. The van der Waals surface area contributed by atoms with Crippen LogP contribution >= 0.6 is 0 Å². The lowest BCUT2D eigenvalue weighted by Gasteiger charge is -2.38. The summed E-state index contributed by atoms with van der Waals surface area (Å²) in [6.45, 7) is 7.25. The monoisotopic (exact) mass is 753 g/mol. The van der Waals surface area contributed by atoms with Gasteiger partial charge in [0.2, 0.25) is 11.8 Å². The van der Waals surface area contributed by atoms with Gasteiger partial charge >= 0.3 is 0 Å². The molecule has 3 unspecified atom stereocenters. The van der Waals surface area contributed by atoms with E-state index in [2.05, 4.69) is 68.5 Å². The molecule has 2 N–H and O–H groups in total. The maximum absolute atomic E-state index is 13.3. The molecular formula is C45H47N5O6. The minimum absolute atomic E-state index is 0.103. The van der Waals surface area contributed by atoms with E-state index in [0.29, 0.717) is 23.7 Å². The summed E-state index contributed by atoms with van der Waals surface area (Å²) in [6, 6.07) is 29.6. The number of aromatic hydroxyl groups is 1. The first kappa shape index (κ1) is 36.0. The molecule has 56 heavy (non-hydrogen) atoms. The summed E-state index contributed by atoms with van der Waals surface area (Å²) in [7, 11) is 0. The van der Waals surface area contributed by atoms with Gasteiger partial charge in [-0.1, -0.05) is 48.5 Å². The Balaban J connectivity index is 0.764. The average Bonchev–Trinajstić information content (AvgIpc) is 3.48. The first-order valence-corrected chi connectivity index (χ1v) is 20.0. The summed E-state index contributed by atoms with van der Waals surface area (Å²) >= 11 is 0. The highest BCUT2D eigenvalue weighted by molar-refractivity contribution is 6.23. The van der Waals surface area contributed by atoms with Crippen LogP contribution in [0.2, 0.25) is 0 Å². The van der Waals surface area contributed by atoms with Gasteiger partial charge in [-0.05, 0) is 85.7 Å². The fourth-order valence-corrected chi connectivity index (χ4v) is 9.42. The van der Waals surface area contributed by atoms with Crippen LogP contribution in [0.4, 0.5) is 11.4 Å². The van der Waals surface area contributed by atoms with Gasteiger partial charge in [0.05, 0.1) is 17.7 Å². The van der Waals surface area contributed by atoms with Gasteiger partial charge in [0.1, 0.15) is 17.5 Å². The number of nitrogens with one attached hydrogen (secondary N) is 1. The predicted octanol–water partition coefficient (Wildman–Crippen LogP) is 5.53. The number of carbonyl (C=O) groups excluding carboxylic acids is 4. The molecule has 5 aliphatic rings. The number of hydrogen-bond donors (Lipinski definition) is 2. The van der Waals surface area contributed by atoms with Crippen LogP contribution in [0, 0.1) is 5.92 Å². The number of nitrogens with zero attached hydrogens (tertiary/aromatic N) is 4. The van der Waals surface area contributed by atoms with Gasteiger partial charge < -0.3 is 19.6 Å². The zero-order valence-corrected chi connectivity index (χ0v) is 31.4. The molecular weight excluding hydrogens is 707 g/mol. The van der Waals surface area contributed by atoms with Gasteiger partial charge in [-0.3, -0.25) is 34.3 Å². The molecule has 11 nitrogen and oxygen atoms in total. The molecule has 3 atom stereocenters. The summed E-state index contributed by atoms with van der Waals surface area (Å²) in [5.41, 5.74) is 6.42. The van der Waals surface area contributed by atoms with E-state index in [-0.39, 0.29) is 36.3 Å². The molecule has 9 rings (SSSR count). The number of benzene rings is 4. The lowest BCUT2D eigenvalue weighted by molar-refractivity contribution is -0.136. The molecule has 3 saturated heterocycles. The largest absolute Gasteiger partial charge is 0.508 e. The van der Waals surface area contributed by atoms with Crippen LogP contribution in [0.5, 0.6) is 11.5 Å². The maximum atomic E-state index is 13.3. The van der Waals surface area contributed by atoms with Gasteiger partial charge in [-0.25, -0.2) is 0 Å². The molecule has 11 heteroatoms. The summed E-state index contributed by atoms with van der Waals surface area (Å²) in [6.07, 6.45) is 3.78. The third kappa shape index (κ3) is 6.89. The number of piperazine rings is 1. The molecule has 5 aliphatic heterocycles. The van der Waals surface area contributed by atoms with Crippen molar-refractivity contribution in [3.05, 3.63) is 119 Å². The average molecular weight is 754 g/mol. The Labute approximate surface area is 326 Å². The fraction of sp³-hybridized carbons (Fsp3) is 0.378. The van der Waals surface area contributed by atoms with Crippen molar-refractivity contribution < 1.29 is 29.0 Å². The number of ether oxygens (including phenoxy) is 1. The van der Waals surface area contributed by atoms with E-state index in [4.69, 9.17) is 4.74 Å². The van der Waals surface area contributed by atoms with Crippen molar-refractivity contribution in [3.8, 4) is 11.5 Å². The lowest BCUT2D eigenvalue weighted by Crippen LogP contribution is -2.54. The van der Waals surface area contributed by atoms with E-state index < -0.39 is 23.8 Å². The SMILES string of the molecule is O=C1CCC(N2C(=O)c3ccc(N4CCN(CCC5CCN(c6ccc(C7c8ccc(O)cc8OCC7c7ccccc7)cc6)CC5)CC4)cc3C2=O)C(=O)N1. The number of piperidine rings is 2. The zero-order chi connectivity index (χ0) is 38.3. The van der Waals surface area contributed by atoms with Gasteiger partial charge in [0.15, 0.2) is 0 Å². The van der Waals surface area contributed by atoms with E-state index in [1.165, 1.54) is 36.1 Å². The molecule has 4 amide bonds. The van der Waals surface area contributed by atoms with Crippen molar-refractivity contribution in [1.29, 1.82) is 0 Å². The van der Waals surface area contributed by atoms with Crippen molar-refractivity contribution in [1.82, 2.24) is 15.1 Å². The third-order valence-corrected chi connectivity index (χ3v) is 12.6. The first-order chi connectivity index (χ1) is 27.3. The molecule has 0 radical (unpaired) electrons. The number of phenolic OH excluding ortho intramolecular Hbond substituents is 1. The van der Waals surface area contributed by atoms with E-state index in [1.54, 1.807) is 24.3 Å². The van der Waals surface area contributed by atoms with E-state index in [1.807, 2.05) is 18.2 Å². The number of hydrogen-bond acceptors (Lipinski definition) is 9. The molecule has 0 spiro atoms. The van der Waals surface area contributed by atoms with Crippen LogP contribution in [0.1, 0.15) is 81.3 Å². The smallest absolute Gasteiger partial charge is 0.262 e. The van der Waals surface area contributed by atoms with Crippen molar-refractivity contribution in [2.24, 2.45) is 5.92 Å². The summed E-state index contributed by atoms with van der Waals surface area (Å²) in [4.78, 5) is 58.9. The van der Waals surface area contributed by atoms with E-state index in [0.717, 1.165) is 67.7 Å². The van der Waals surface area contributed by atoms with Crippen LogP contribution < -0.4 is 19.9 Å². The second-order valence-corrected chi connectivity index (χ2v) is 15.8. The van der Waals surface area contributed by atoms with Crippen LogP contribution in [-0.4, -0.2) is 97.0 Å². The van der Waals surface area contributed by atoms with Gasteiger partial charge in [-0.15, -0.1) is 0 Å². The number of rotatable bonds is 8. The Morgan fingerprint density at radius 2 is 1.41 bits per heavy atom. The zero-order valence-electron chi connectivity index (χ0n) is 31.4. The molecule has 0 aliphatic carbocycles. The second-order valence-electron chi connectivity index (χ2n) is 15.8. The van der Waals surface area contributed by atoms with Gasteiger partial charge in [0, 0.05) is 80.5 Å². The highest BCUT2D eigenvalue weighted by Gasteiger charge is 2.45. The molecule has 3 fully saturated rings. The summed E-state index contributed by atoms with van der Waals surface area (Å²) in [5.74, 6) is 0.0525. The number of fused-ring (bicyclic) bond motifs is 2. The molecule has 4 aromatic carbocycles. The molecule has 5 heterocycles. The number of phenols is 1. The highest BCUT2D eigenvalue weighted by Crippen LogP contribution is 2.47. The number of carbonyl (C=O) groups is 4. The summed E-state index contributed by atoms with van der Waals surface area (Å²) < 4.78 is 6.17. The van der Waals surface area contributed by atoms with Crippen molar-refractivity contribution in [3.63, 3.8) is 0 Å². The van der Waals surface area contributed by atoms with Crippen LogP contribution in [0.3, 0.4) is 0 Å². The predicted molar refractivity (Wildman–Crippen MR) is 212 cm³/mol. The lowest BCUT2D eigenvalue weighted by atomic mass is 9.76. The second kappa shape index (κ2) is 15.1. The van der Waals surface area contributed by atoms with Crippen LogP contribution in [0.15, 0.2) is 91.0 Å². The van der Waals surface area contributed by atoms with Gasteiger partial charge in [-0.2, -0.15) is 0 Å². The van der Waals surface area contributed by atoms with E-state index in [9.17, 15) is 24.3 Å². The maximum Gasteiger partial charge on any atom is 0.262 e. The van der Waals surface area contributed by atoms with Crippen molar-refractivity contribution in [2.75, 3.05) is 62.2 Å². The van der Waals surface area contributed by atoms with E-state index >= 15 is 0 Å². The van der Waals surface area contributed by atoms with Gasteiger partial charge in [0.25, 0.3) is 11.8 Å². The minimum atomic E-state index is -0.959. The Hall–Kier alpha value is -5.68. The highest BCUT2D eigenvalue weighted by atomic mass is 16.5. The molecule has 0 saturated carbocycles. The number of anilines is 2. The number of amides is 4. The third-order valence-electron chi connectivity index (χ3n) is 12.6. The van der Waals surface area contributed by atoms with Crippen LogP contribution in [-0.2, 0) is 9.59 Å². The normalized spacial score (nSPS) is 23.1. The topological polar surface area (TPSA) is 123 Å². The fourth-order valence-electron chi connectivity index (χ4n) is 9.42. The Morgan fingerprint density at radius 3 is 2.16 bits per heavy atom. The quantitative estimate of drug-likeness (QED) is 0.224. The Morgan fingerprint density at radius 1 is 0.696 bits per heavy atom. The molecule has 0 bridgehead atoms. The van der Waals surface area contributed by atoms with Crippen molar-refractivity contribution in [2.45, 2.75) is 50.0 Å². The standard InChI is InChI=1S/C45H47N5O6/c51-34-11-13-36-40(27-34)56-28-38(30-4-2-1-3-5-30)42(36)31-6-8-32(9-7-31)48-20-17-29(18-21-48)16-19-47-22-24-49(25-23-47)33-10-12-35-37(26-33)45(55)50(44(35)54)39-14-15-41(52)46-43(39)53/h1-13,26-27,29,38-39,42,51H,14-25,28H2,(H,46,52,53). The number of imide groups is 2. The first-order valence-electron chi connectivity index (χ1n) is 20.0. The van der Waals surface area contributed by atoms with Crippen LogP contribution in [0.25, 0.3) is 0 Å².